The molecule has 4 rings (SSSR count). The third-order valence-corrected chi connectivity index (χ3v) is 9.26. The van der Waals surface area contributed by atoms with E-state index in [2.05, 4.69) is 5.32 Å². The van der Waals surface area contributed by atoms with Gasteiger partial charge in [-0.05, 0) is 37.5 Å². The predicted octanol–water partition coefficient (Wildman–Crippen LogP) is 2.23. The highest BCUT2D eigenvalue weighted by atomic mass is 32.2. The van der Waals surface area contributed by atoms with Crippen LogP contribution in [0.2, 0.25) is 0 Å². The summed E-state index contributed by atoms with van der Waals surface area (Å²) in [6.45, 7) is 1.46. The summed E-state index contributed by atoms with van der Waals surface area (Å²) >= 11 is 0. The van der Waals surface area contributed by atoms with Gasteiger partial charge in [-0.25, -0.2) is 4.39 Å². The van der Waals surface area contributed by atoms with Gasteiger partial charge in [0.1, 0.15) is 12.2 Å². The van der Waals surface area contributed by atoms with Crippen molar-refractivity contribution in [2.45, 2.75) is 50.6 Å². The van der Waals surface area contributed by atoms with Crippen LogP contribution in [-0.4, -0.2) is 78.7 Å². The van der Waals surface area contributed by atoms with Crippen molar-refractivity contribution in [3.8, 4) is 6.07 Å². The Morgan fingerprint density at radius 2 is 1.87 bits per heavy atom. The van der Waals surface area contributed by atoms with Crippen LogP contribution in [0.15, 0.2) is 24.3 Å². The highest BCUT2D eigenvalue weighted by Crippen LogP contribution is 2.32. The molecule has 1 aromatic carbocycles. The van der Waals surface area contributed by atoms with Crippen molar-refractivity contribution in [2.24, 2.45) is 11.8 Å². The highest BCUT2D eigenvalue weighted by molar-refractivity contribution is 7.86. The first kappa shape index (κ1) is 28.3. The van der Waals surface area contributed by atoms with Gasteiger partial charge in [0.15, 0.2) is 0 Å². The minimum Gasteiger partial charge on any atom is -0.348 e. The Hall–Kier alpha value is -2.76. The van der Waals surface area contributed by atoms with Crippen molar-refractivity contribution in [1.29, 1.82) is 5.26 Å². The van der Waals surface area contributed by atoms with E-state index in [9.17, 15) is 35.6 Å². The topological polar surface area (TPSA) is 114 Å². The summed E-state index contributed by atoms with van der Waals surface area (Å²) < 4.78 is 81.8. The average Bonchev–Trinajstić information content (AvgIpc) is 3.24. The summed E-state index contributed by atoms with van der Waals surface area (Å²) in [6, 6.07) is 4.53. The van der Waals surface area contributed by atoms with Crippen LogP contribution < -0.4 is 5.32 Å². The predicted molar refractivity (Wildman–Crippen MR) is 127 cm³/mol. The second kappa shape index (κ2) is 10.8. The third-order valence-electron chi connectivity index (χ3n) is 7.33. The summed E-state index contributed by atoms with van der Waals surface area (Å²) in [7, 11) is -3.85. The van der Waals surface area contributed by atoms with Crippen molar-refractivity contribution in [2.75, 3.05) is 32.7 Å². The first-order valence-electron chi connectivity index (χ1n) is 12.4. The lowest BCUT2D eigenvalue weighted by atomic mass is 9.97. The molecule has 3 heterocycles. The molecule has 14 heteroatoms. The smallest absolute Gasteiger partial charge is 0.348 e. The Balaban J connectivity index is 1.42. The number of halogens is 4. The van der Waals surface area contributed by atoms with Gasteiger partial charge in [0.05, 0.1) is 36.1 Å². The van der Waals surface area contributed by atoms with Crippen molar-refractivity contribution >= 4 is 22.0 Å². The van der Waals surface area contributed by atoms with Crippen LogP contribution >= 0.6 is 0 Å². The van der Waals surface area contributed by atoms with Crippen LogP contribution in [0.5, 0.6) is 0 Å². The van der Waals surface area contributed by atoms with Crippen LogP contribution in [-0.2, 0) is 26.0 Å². The standard InChI is InChI=1S/C24H29F4N5O4S/c1-15(17-4-2-6-19(8-17)24(26,27)28)30-22(34)21-9-20(25)14-33(21)23(35)18-5-3-7-31(13-18)38(36,37)32-11-16(10-29)12-32/h2,4,6,8,15-16,18,20-21H,3,5,7,9,11-14H2,1H3,(H,30,34)/t15?,18-,20-,21+/m0/s1. The maximum atomic E-state index is 14.4. The van der Waals surface area contributed by atoms with Crippen molar-refractivity contribution in [3.05, 3.63) is 35.4 Å². The molecule has 3 fully saturated rings. The van der Waals surface area contributed by atoms with Gasteiger partial charge in [-0.3, -0.25) is 9.59 Å². The summed E-state index contributed by atoms with van der Waals surface area (Å²) in [5, 5.41) is 11.5. The number of carbonyl (C=O) groups is 2. The average molecular weight is 560 g/mol. The fraction of sp³-hybridized carbons (Fsp3) is 0.625. The van der Waals surface area contributed by atoms with Crippen LogP contribution in [0.25, 0.3) is 0 Å². The molecule has 0 radical (unpaired) electrons. The molecule has 3 aliphatic rings. The Kier molecular flexibility index (Phi) is 8.02. The number of rotatable bonds is 6. The summed E-state index contributed by atoms with van der Waals surface area (Å²) in [4.78, 5) is 27.5. The summed E-state index contributed by atoms with van der Waals surface area (Å²) in [5.41, 5.74) is -0.658. The molecule has 0 spiro atoms. The second-order valence-corrected chi connectivity index (χ2v) is 12.0. The van der Waals surface area contributed by atoms with Crippen LogP contribution in [0.4, 0.5) is 17.6 Å². The number of nitrogens with zero attached hydrogens (tertiary/aromatic N) is 4. The van der Waals surface area contributed by atoms with Gasteiger partial charge in [0.25, 0.3) is 10.2 Å². The Morgan fingerprint density at radius 3 is 2.53 bits per heavy atom. The van der Waals surface area contributed by atoms with E-state index in [1.807, 2.05) is 6.07 Å². The number of alkyl halides is 4. The molecule has 2 amide bonds. The fourth-order valence-electron chi connectivity index (χ4n) is 5.11. The molecular formula is C24H29F4N5O4S. The maximum Gasteiger partial charge on any atom is 0.416 e. The lowest BCUT2D eigenvalue weighted by Crippen LogP contribution is -2.57. The number of carbonyl (C=O) groups excluding carboxylic acids is 2. The number of nitriles is 1. The third kappa shape index (κ3) is 5.79. The van der Waals surface area contributed by atoms with E-state index in [0.717, 1.165) is 17.0 Å². The maximum absolute atomic E-state index is 14.4. The van der Waals surface area contributed by atoms with E-state index >= 15 is 0 Å². The number of nitrogens with one attached hydrogen (secondary N) is 1. The van der Waals surface area contributed by atoms with Crippen molar-refractivity contribution in [3.63, 3.8) is 0 Å². The Bertz CT molecular complexity index is 1210. The SMILES string of the molecule is CC(NC(=O)[C@H]1C[C@H](F)CN1C(=O)[C@H]1CCCN(S(=O)(=O)N2CC(C#N)C2)C1)c1cccc(C(F)(F)F)c1. The minimum absolute atomic E-state index is 0.0932. The summed E-state index contributed by atoms with van der Waals surface area (Å²) in [5.74, 6) is -2.36. The molecule has 0 aromatic heterocycles. The van der Waals surface area contributed by atoms with Crippen LogP contribution in [0.3, 0.4) is 0 Å². The molecule has 0 bridgehead atoms. The van der Waals surface area contributed by atoms with E-state index in [-0.39, 0.29) is 50.6 Å². The first-order chi connectivity index (χ1) is 17.8. The van der Waals surface area contributed by atoms with E-state index in [0.29, 0.717) is 12.8 Å². The van der Waals surface area contributed by atoms with E-state index in [4.69, 9.17) is 5.26 Å². The Labute approximate surface area is 218 Å². The molecule has 4 atom stereocenters. The normalized spacial score (nSPS) is 26.4. The van der Waals surface area contributed by atoms with Gasteiger partial charge in [0, 0.05) is 32.6 Å². The van der Waals surface area contributed by atoms with Gasteiger partial charge in [-0.1, -0.05) is 12.1 Å². The minimum atomic E-state index is -4.55. The number of hydrogen-bond acceptors (Lipinski definition) is 5. The van der Waals surface area contributed by atoms with Gasteiger partial charge >= 0.3 is 6.18 Å². The molecule has 1 unspecified atom stereocenters. The van der Waals surface area contributed by atoms with Crippen LogP contribution in [0, 0.1) is 23.2 Å². The quantitative estimate of drug-likeness (QED) is 0.537. The number of benzene rings is 1. The second-order valence-electron chi connectivity index (χ2n) is 10.0. The van der Waals surface area contributed by atoms with Gasteiger partial charge in [-0.2, -0.15) is 35.5 Å². The fourth-order valence-corrected chi connectivity index (χ4v) is 6.91. The van der Waals surface area contributed by atoms with Gasteiger partial charge < -0.3 is 10.2 Å². The lowest BCUT2D eigenvalue weighted by Gasteiger charge is -2.41. The molecular weight excluding hydrogens is 530 g/mol. The van der Waals surface area contributed by atoms with Gasteiger partial charge in [0.2, 0.25) is 11.8 Å². The van der Waals surface area contributed by atoms with E-state index in [1.165, 1.54) is 27.7 Å². The largest absolute Gasteiger partial charge is 0.416 e. The van der Waals surface area contributed by atoms with E-state index in [1.54, 1.807) is 0 Å². The molecule has 208 valence electrons. The van der Waals surface area contributed by atoms with Crippen molar-refractivity contribution in [1.82, 2.24) is 18.8 Å². The monoisotopic (exact) mass is 559 g/mol. The molecule has 0 aliphatic carbocycles. The number of hydrogen-bond donors (Lipinski definition) is 1. The molecule has 1 aromatic rings. The number of likely N-dealkylation sites (tertiary alicyclic amines) is 1. The number of amides is 2. The zero-order chi connectivity index (χ0) is 27.8. The highest BCUT2D eigenvalue weighted by Gasteiger charge is 2.46. The molecule has 38 heavy (non-hydrogen) atoms. The van der Waals surface area contributed by atoms with Crippen molar-refractivity contribution < 1.29 is 35.6 Å². The number of piperidine rings is 1. The lowest BCUT2D eigenvalue weighted by molar-refractivity contribution is -0.142. The van der Waals surface area contributed by atoms with E-state index < -0.39 is 57.9 Å². The molecule has 0 saturated carbocycles. The molecule has 1 N–H and O–H groups in total. The zero-order valence-electron chi connectivity index (χ0n) is 20.7. The molecule has 3 aliphatic heterocycles. The zero-order valence-corrected chi connectivity index (χ0v) is 21.5. The first-order valence-corrected chi connectivity index (χ1v) is 13.8. The molecule has 9 nitrogen and oxygen atoms in total. The summed E-state index contributed by atoms with van der Waals surface area (Å²) in [6.07, 6.45) is -5.50. The van der Waals surface area contributed by atoms with Gasteiger partial charge in [-0.15, -0.1) is 0 Å². The molecule has 3 saturated heterocycles. The Morgan fingerprint density at radius 1 is 1.16 bits per heavy atom. The van der Waals surface area contributed by atoms with Crippen LogP contribution in [0.1, 0.15) is 43.4 Å².